The standard InChI is InChI=1S/C18H19N3OS2/c1-4-22-14-7-5-13(6-8-14)19-17(23)21-18-20-15-9-11(2)12(3)10-16(15)24-18/h5-10H,4H2,1-3H3,(H2,19,20,21,23). The van der Waals surface area contributed by atoms with E-state index in [0.717, 1.165) is 26.8 Å². The van der Waals surface area contributed by atoms with E-state index >= 15 is 0 Å². The number of anilines is 2. The molecule has 2 aromatic carbocycles. The number of thiazole rings is 1. The van der Waals surface area contributed by atoms with Crippen LogP contribution in [-0.4, -0.2) is 16.7 Å². The molecule has 3 rings (SSSR count). The van der Waals surface area contributed by atoms with Crippen LogP contribution in [0.3, 0.4) is 0 Å². The SMILES string of the molecule is CCOc1ccc(NC(=S)Nc2nc3cc(C)c(C)cc3s2)cc1. The Balaban J connectivity index is 1.68. The van der Waals surface area contributed by atoms with Crippen LogP contribution in [0.5, 0.6) is 5.75 Å². The molecule has 24 heavy (non-hydrogen) atoms. The summed E-state index contributed by atoms with van der Waals surface area (Å²) in [7, 11) is 0. The van der Waals surface area contributed by atoms with Crippen molar-refractivity contribution in [3.05, 3.63) is 47.5 Å². The van der Waals surface area contributed by atoms with Gasteiger partial charge in [-0.1, -0.05) is 11.3 Å². The monoisotopic (exact) mass is 357 g/mol. The van der Waals surface area contributed by atoms with E-state index in [0.29, 0.717) is 11.7 Å². The van der Waals surface area contributed by atoms with Gasteiger partial charge in [-0.2, -0.15) is 0 Å². The smallest absolute Gasteiger partial charge is 0.190 e. The number of hydrogen-bond donors (Lipinski definition) is 2. The summed E-state index contributed by atoms with van der Waals surface area (Å²) in [6.45, 7) is 6.83. The quantitative estimate of drug-likeness (QED) is 0.635. The first-order valence-electron chi connectivity index (χ1n) is 7.74. The minimum absolute atomic E-state index is 0.520. The number of rotatable bonds is 4. The molecule has 0 atom stereocenters. The van der Waals surface area contributed by atoms with Gasteiger partial charge in [-0.15, -0.1) is 0 Å². The van der Waals surface area contributed by atoms with Crippen molar-refractivity contribution in [1.29, 1.82) is 0 Å². The zero-order valence-electron chi connectivity index (χ0n) is 13.8. The van der Waals surface area contributed by atoms with Crippen LogP contribution in [0.4, 0.5) is 10.8 Å². The fourth-order valence-corrected chi connectivity index (χ4v) is 3.52. The Hall–Kier alpha value is -2.18. The molecule has 0 radical (unpaired) electrons. The molecule has 0 unspecified atom stereocenters. The minimum Gasteiger partial charge on any atom is -0.494 e. The summed E-state index contributed by atoms with van der Waals surface area (Å²) in [6.07, 6.45) is 0. The molecule has 0 fully saturated rings. The molecular formula is C18H19N3OS2. The van der Waals surface area contributed by atoms with E-state index in [1.54, 1.807) is 11.3 Å². The van der Waals surface area contributed by atoms with Gasteiger partial charge in [0.2, 0.25) is 0 Å². The number of fused-ring (bicyclic) bond motifs is 1. The number of hydrogen-bond acceptors (Lipinski definition) is 4. The molecular weight excluding hydrogens is 338 g/mol. The lowest BCUT2D eigenvalue weighted by atomic mass is 10.1. The van der Waals surface area contributed by atoms with Gasteiger partial charge in [0, 0.05) is 5.69 Å². The van der Waals surface area contributed by atoms with Crippen molar-refractivity contribution in [3.63, 3.8) is 0 Å². The highest BCUT2D eigenvalue weighted by Crippen LogP contribution is 2.28. The Bertz CT molecular complexity index is 833. The van der Waals surface area contributed by atoms with Crippen LogP contribution in [-0.2, 0) is 0 Å². The van der Waals surface area contributed by atoms with Crippen LogP contribution >= 0.6 is 23.6 Å². The van der Waals surface area contributed by atoms with Gasteiger partial charge in [0.25, 0.3) is 0 Å². The molecule has 0 spiro atoms. The van der Waals surface area contributed by atoms with Crippen molar-refractivity contribution in [3.8, 4) is 5.75 Å². The number of ether oxygens (including phenoxy) is 1. The van der Waals surface area contributed by atoms with Gasteiger partial charge in [-0.3, -0.25) is 0 Å². The molecule has 0 aliphatic rings. The molecule has 4 nitrogen and oxygen atoms in total. The second-order valence-electron chi connectivity index (χ2n) is 5.46. The minimum atomic E-state index is 0.520. The van der Waals surface area contributed by atoms with Crippen LogP contribution < -0.4 is 15.4 Å². The van der Waals surface area contributed by atoms with E-state index < -0.39 is 0 Å². The van der Waals surface area contributed by atoms with Gasteiger partial charge in [-0.05, 0) is 80.5 Å². The normalized spacial score (nSPS) is 10.6. The number of aryl methyl sites for hydroxylation is 2. The zero-order valence-corrected chi connectivity index (χ0v) is 15.5. The molecule has 1 heterocycles. The zero-order chi connectivity index (χ0) is 17.1. The lowest BCUT2D eigenvalue weighted by Gasteiger charge is -2.09. The highest BCUT2D eigenvalue weighted by molar-refractivity contribution is 7.80. The molecule has 0 bridgehead atoms. The third-order valence-corrected chi connectivity index (χ3v) is 4.79. The van der Waals surface area contributed by atoms with Crippen LogP contribution in [0.1, 0.15) is 18.1 Å². The first kappa shape index (κ1) is 16.7. The largest absolute Gasteiger partial charge is 0.494 e. The van der Waals surface area contributed by atoms with Crippen molar-refractivity contribution >= 4 is 49.7 Å². The van der Waals surface area contributed by atoms with E-state index in [-0.39, 0.29) is 0 Å². The number of nitrogens with zero attached hydrogens (tertiary/aromatic N) is 1. The van der Waals surface area contributed by atoms with E-state index in [4.69, 9.17) is 17.0 Å². The Labute approximate surface area is 150 Å². The van der Waals surface area contributed by atoms with E-state index in [9.17, 15) is 0 Å². The van der Waals surface area contributed by atoms with Gasteiger partial charge in [0.15, 0.2) is 10.2 Å². The van der Waals surface area contributed by atoms with Crippen molar-refractivity contribution in [2.24, 2.45) is 0 Å². The maximum Gasteiger partial charge on any atom is 0.190 e. The predicted molar refractivity (Wildman–Crippen MR) is 107 cm³/mol. The summed E-state index contributed by atoms with van der Waals surface area (Å²) in [5, 5.41) is 7.62. The third-order valence-electron chi connectivity index (χ3n) is 3.65. The Kier molecular flexibility index (Phi) is 4.97. The number of benzene rings is 2. The van der Waals surface area contributed by atoms with E-state index in [1.165, 1.54) is 11.1 Å². The topological polar surface area (TPSA) is 46.2 Å². The van der Waals surface area contributed by atoms with Gasteiger partial charge in [0.1, 0.15) is 5.75 Å². The second kappa shape index (κ2) is 7.15. The highest BCUT2D eigenvalue weighted by atomic mass is 32.1. The fourth-order valence-electron chi connectivity index (χ4n) is 2.29. The third kappa shape index (κ3) is 3.83. The molecule has 124 valence electrons. The van der Waals surface area contributed by atoms with Gasteiger partial charge >= 0.3 is 0 Å². The van der Waals surface area contributed by atoms with Crippen molar-refractivity contribution < 1.29 is 4.74 Å². The van der Waals surface area contributed by atoms with Crippen LogP contribution in [0.2, 0.25) is 0 Å². The highest BCUT2D eigenvalue weighted by Gasteiger charge is 2.07. The number of aromatic nitrogens is 1. The first-order valence-corrected chi connectivity index (χ1v) is 8.96. The van der Waals surface area contributed by atoms with Crippen molar-refractivity contribution in [2.45, 2.75) is 20.8 Å². The van der Waals surface area contributed by atoms with Crippen LogP contribution in [0.25, 0.3) is 10.2 Å². The molecule has 0 amide bonds. The fraction of sp³-hybridized carbons (Fsp3) is 0.222. The molecule has 3 aromatic rings. The maximum absolute atomic E-state index is 5.43. The second-order valence-corrected chi connectivity index (χ2v) is 6.90. The summed E-state index contributed by atoms with van der Waals surface area (Å²) in [6, 6.07) is 12.0. The van der Waals surface area contributed by atoms with Crippen molar-refractivity contribution in [2.75, 3.05) is 17.2 Å². The Morgan fingerprint density at radius 1 is 1.12 bits per heavy atom. The molecule has 0 aliphatic carbocycles. The average Bonchev–Trinajstić information content (AvgIpc) is 2.91. The molecule has 1 aromatic heterocycles. The molecule has 0 aliphatic heterocycles. The van der Waals surface area contributed by atoms with Crippen molar-refractivity contribution in [1.82, 2.24) is 4.98 Å². The molecule has 0 saturated carbocycles. The van der Waals surface area contributed by atoms with Crippen LogP contribution in [0.15, 0.2) is 36.4 Å². The Morgan fingerprint density at radius 3 is 2.54 bits per heavy atom. The molecule has 6 heteroatoms. The number of nitrogens with one attached hydrogen (secondary N) is 2. The summed E-state index contributed by atoms with van der Waals surface area (Å²) >= 11 is 6.97. The lowest BCUT2D eigenvalue weighted by Crippen LogP contribution is -2.18. The van der Waals surface area contributed by atoms with Gasteiger partial charge < -0.3 is 15.4 Å². The van der Waals surface area contributed by atoms with E-state index in [2.05, 4.69) is 41.6 Å². The average molecular weight is 358 g/mol. The number of thiocarbonyl (C=S) groups is 1. The van der Waals surface area contributed by atoms with Gasteiger partial charge in [0.05, 0.1) is 16.8 Å². The molecule has 0 saturated heterocycles. The maximum atomic E-state index is 5.43. The summed E-state index contributed by atoms with van der Waals surface area (Å²) in [4.78, 5) is 4.59. The first-order chi connectivity index (χ1) is 11.5. The van der Waals surface area contributed by atoms with Crippen LogP contribution in [0, 0.1) is 13.8 Å². The Morgan fingerprint density at radius 2 is 1.83 bits per heavy atom. The van der Waals surface area contributed by atoms with Gasteiger partial charge in [-0.25, -0.2) is 4.98 Å². The summed E-state index contributed by atoms with van der Waals surface area (Å²) < 4.78 is 6.59. The van der Waals surface area contributed by atoms with E-state index in [1.807, 2.05) is 31.2 Å². The predicted octanol–water partition coefficient (Wildman–Crippen LogP) is 5.12. The summed E-state index contributed by atoms with van der Waals surface area (Å²) in [5.41, 5.74) is 4.42. The summed E-state index contributed by atoms with van der Waals surface area (Å²) in [5.74, 6) is 0.846. The lowest BCUT2D eigenvalue weighted by molar-refractivity contribution is 0.340. The molecule has 2 N–H and O–H groups in total.